The van der Waals surface area contributed by atoms with E-state index in [0.29, 0.717) is 19.1 Å². The van der Waals surface area contributed by atoms with Gasteiger partial charge in [-0.25, -0.2) is 4.99 Å². The summed E-state index contributed by atoms with van der Waals surface area (Å²) < 4.78 is 11.5. The van der Waals surface area contributed by atoms with Gasteiger partial charge in [-0.1, -0.05) is 42.5 Å². The Balaban J connectivity index is 0.00000245. The van der Waals surface area contributed by atoms with Crippen LogP contribution in [-0.2, 0) is 9.47 Å². The van der Waals surface area contributed by atoms with Gasteiger partial charge in [-0.3, -0.25) is 0 Å². The Kier molecular flexibility index (Phi) is 7.38. The predicted octanol–water partition coefficient (Wildman–Crippen LogP) is 5.91. The first-order valence-electron chi connectivity index (χ1n) is 10.5. The maximum absolute atomic E-state index is 5.80. The Morgan fingerprint density at radius 1 is 0.781 bits per heavy atom. The molecule has 0 spiro atoms. The summed E-state index contributed by atoms with van der Waals surface area (Å²) in [6.45, 7) is 3.29. The van der Waals surface area contributed by atoms with Gasteiger partial charge in [-0.15, -0.1) is 0 Å². The molecule has 159 valence electrons. The van der Waals surface area contributed by atoms with Crippen molar-refractivity contribution in [3.8, 4) is 0 Å². The first kappa shape index (κ1) is 22.7. The summed E-state index contributed by atoms with van der Waals surface area (Å²) >= 11 is 0. The summed E-state index contributed by atoms with van der Waals surface area (Å²) in [5.41, 5.74) is 5.87. The van der Waals surface area contributed by atoms with Gasteiger partial charge in [0, 0.05) is 53.6 Å². The summed E-state index contributed by atoms with van der Waals surface area (Å²) in [4.78, 5) is 4.62. The second-order valence-corrected chi connectivity index (χ2v) is 7.56. The van der Waals surface area contributed by atoms with Gasteiger partial charge < -0.3 is 20.1 Å². The molecule has 1 unspecified atom stereocenters. The smallest absolute Gasteiger partial charge is 0.218 e. The molecule has 0 saturated carbocycles. The molecule has 3 aromatic carbocycles. The molecule has 32 heavy (non-hydrogen) atoms. The number of anilines is 4. The van der Waals surface area contributed by atoms with E-state index in [-0.39, 0.29) is 47.3 Å². The number of hydrogen-bond acceptors (Lipinski definition) is 5. The molecule has 1 atom stereocenters. The maximum Gasteiger partial charge on any atom is 0.218 e. The number of aliphatic imine (C=N–C) groups is 1. The number of benzene rings is 3. The van der Waals surface area contributed by atoms with Crippen LogP contribution in [0.25, 0.3) is 5.76 Å². The van der Waals surface area contributed by atoms with E-state index < -0.39 is 0 Å². The monoisotopic (exact) mass is 551 g/mol. The molecule has 2 aliphatic rings. The minimum Gasteiger partial charge on any atom is -0.591 e. The summed E-state index contributed by atoms with van der Waals surface area (Å²) in [6, 6.07) is 24.6. The third kappa shape index (κ3) is 4.95. The van der Waals surface area contributed by atoms with Gasteiger partial charge in [-0.2, -0.15) is 12.5 Å². The Bertz CT molecular complexity index is 1160. The fourth-order valence-corrected chi connectivity index (χ4v) is 3.71. The van der Waals surface area contributed by atoms with Crippen molar-refractivity contribution in [2.24, 2.45) is 4.99 Å². The number of ether oxygens (including phenoxy) is 2. The van der Waals surface area contributed by atoms with Crippen LogP contribution in [0.4, 0.5) is 22.7 Å². The molecular formula is C26H24N3O2Pr-. The first-order valence-corrected chi connectivity index (χ1v) is 10.5. The quantitative estimate of drug-likeness (QED) is 0.374. The Morgan fingerprint density at radius 2 is 1.34 bits per heavy atom. The van der Waals surface area contributed by atoms with Gasteiger partial charge in [0.1, 0.15) is 6.61 Å². The van der Waals surface area contributed by atoms with Crippen molar-refractivity contribution in [3.05, 3.63) is 96.4 Å². The summed E-state index contributed by atoms with van der Waals surface area (Å²) in [5, 5.41) is 7.14. The van der Waals surface area contributed by atoms with Crippen LogP contribution in [0.5, 0.6) is 0 Å². The molecule has 0 fully saturated rings. The van der Waals surface area contributed by atoms with E-state index in [1.807, 2.05) is 61.0 Å². The Morgan fingerprint density at radius 3 is 1.91 bits per heavy atom. The molecule has 6 heteroatoms. The van der Waals surface area contributed by atoms with Gasteiger partial charge in [0.15, 0.2) is 0 Å². The number of nitrogens with one attached hydrogen (secondary N) is 2. The summed E-state index contributed by atoms with van der Waals surface area (Å²) in [7, 11) is 0. The summed E-state index contributed by atoms with van der Waals surface area (Å²) in [6.07, 6.45) is 4.04. The van der Waals surface area contributed by atoms with Crippen molar-refractivity contribution in [2.75, 3.05) is 23.8 Å². The molecule has 2 N–H and O–H groups in total. The van der Waals surface area contributed by atoms with Crippen LogP contribution < -0.4 is 10.6 Å². The topological polar surface area (TPSA) is 54.9 Å². The molecule has 0 bridgehead atoms. The molecule has 5 nitrogen and oxygen atoms in total. The normalized spacial score (nSPS) is 16.6. The van der Waals surface area contributed by atoms with E-state index in [2.05, 4.69) is 46.8 Å². The number of hydrogen-bond donors (Lipinski definition) is 2. The average molecular weight is 551 g/mol. The molecule has 0 saturated heterocycles. The number of nitrogens with zero attached hydrogens (tertiary/aromatic N) is 1. The van der Waals surface area contributed by atoms with Crippen LogP contribution in [0.2, 0.25) is 0 Å². The van der Waals surface area contributed by atoms with Crippen LogP contribution >= 0.6 is 0 Å². The minimum atomic E-state index is 0. The van der Waals surface area contributed by atoms with E-state index in [1.54, 1.807) is 0 Å². The predicted molar refractivity (Wildman–Crippen MR) is 126 cm³/mol. The van der Waals surface area contributed by atoms with Gasteiger partial charge in [0.2, 0.25) is 5.90 Å². The molecule has 0 aromatic heterocycles. The molecule has 5 rings (SSSR count). The van der Waals surface area contributed by atoms with Crippen molar-refractivity contribution < 1.29 is 50.8 Å². The fourth-order valence-electron chi connectivity index (χ4n) is 3.71. The first-order chi connectivity index (χ1) is 15.3. The van der Waals surface area contributed by atoms with Crippen molar-refractivity contribution in [3.63, 3.8) is 0 Å². The van der Waals surface area contributed by atoms with Crippen molar-refractivity contribution in [2.45, 2.75) is 13.0 Å². The van der Waals surface area contributed by atoms with E-state index in [1.165, 1.54) is 0 Å². The van der Waals surface area contributed by atoms with E-state index >= 15 is 0 Å². The van der Waals surface area contributed by atoms with E-state index in [0.717, 1.165) is 39.6 Å². The van der Waals surface area contributed by atoms with Crippen LogP contribution in [0.3, 0.4) is 0 Å². The van der Waals surface area contributed by atoms with Gasteiger partial charge in [-0.05, 0) is 48.6 Å². The third-order valence-corrected chi connectivity index (χ3v) is 5.22. The van der Waals surface area contributed by atoms with Crippen LogP contribution in [0.1, 0.15) is 18.1 Å². The van der Waals surface area contributed by atoms with Crippen LogP contribution in [0.15, 0.2) is 83.9 Å². The minimum absolute atomic E-state index is 0. The zero-order chi connectivity index (χ0) is 21.0. The zero-order valence-electron chi connectivity index (χ0n) is 17.9. The largest absolute Gasteiger partial charge is 0.591 e. The van der Waals surface area contributed by atoms with Crippen LogP contribution in [-0.4, -0.2) is 25.2 Å². The average Bonchev–Trinajstić information content (AvgIpc) is 3.48. The fraction of sp³-hybridized carbons (Fsp3) is 0.154. The molecule has 2 heterocycles. The van der Waals surface area contributed by atoms with Crippen molar-refractivity contribution in [1.82, 2.24) is 0 Å². The Labute approximate surface area is 221 Å². The SMILES string of the molecule is CC1COC(c2ccccc2Nc2ccccc2Nc2ccccc2C2=C[CH-]CO2)=N1.[Pr]. The van der Waals surface area contributed by atoms with E-state index in [4.69, 9.17) is 9.47 Å². The Hall–Kier alpha value is -2.50. The second kappa shape index (κ2) is 10.4. The van der Waals surface area contributed by atoms with E-state index in [9.17, 15) is 0 Å². The molecule has 3 aromatic rings. The molecule has 0 aliphatic carbocycles. The third-order valence-electron chi connectivity index (χ3n) is 5.22. The summed E-state index contributed by atoms with van der Waals surface area (Å²) in [5.74, 6) is 1.57. The molecule has 1 radical (unpaired) electrons. The molecule has 2 aliphatic heterocycles. The second-order valence-electron chi connectivity index (χ2n) is 7.56. The number of para-hydroxylation sites is 4. The standard InChI is InChI=1S/C26H24N3O2.Pr/c1-18-17-31-26(27-18)20-10-3-5-12-22(20)29-24-14-7-6-13-23(24)28-21-11-4-2-9-19(21)25-15-8-16-30-25;/h2-15,18,28-29H,16-17H2,1H3;/q-1;. The number of rotatable bonds is 6. The van der Waals surface area contributed by atoms with Gasteiger partial charge >= 0.3 is 0 Å². The maximum atomic E-state index is 5.80. The van der Waals surface area contributed by atoms with Crippen LogP contribution in [0, 0.1) is 47.7 Å². The van der Waals surface area contributed by atoms with Crippen molar-refractivity contribution >= 4 is 34.4 Å². The molecular weight excluding hydrogens is 527 g/mol. The zero-order valence-corrected chi connectivity index (χ0v) is 21.6. The van der Waals surface area contributed by atoms with Crippen molar-refractivity contribution in [1.29, 1.82) is 0 Å². The van der Waals surface area contributed by atoms with Gasteiger partial charge in [0.25, 0.3) is 0 Å². The van der Waals surface area contributed by atoms with Gasteiger partial charge in [0.05, 0.1) is 28.7 Å². The molecule has 0 amide bonds.